The molecule has 0 amide bonds. The summed E-state index contributed by atoms with van der Waals surface area (Å²) in [4.78, 5) is 10.8. The summed E-state index contributed by atoms with van der Waals surface area (Å²) >= 11 is 0. The highest BCUT2D eigenvalue weighted by Gasteiger charge is 2.26. The van der Waals surface area contributed by atoms with Crippen molar-refractivity contribution in [1.82, 2.24) is 0 Å². The zero-order valence-electron chi connectivity index (χ0n) is 15.5. The monoisotopic (exact) mass is 352 g/mol. The van der Waals surface area contributed by atoms with E-state index in [1.165, 1.54) is 21.5 Å². The first-order valence-corrected chi connectivity index (χ1v) is 15.2. The summed E-state index contributed by atoms with van der Waals surface area (Å²) < 4.78 is 0. The third-order valence-corrected chi connectivity index (χ3v) is 9.57. The van der Waals surface area contributed by atoms with Gasteiger partial charge in [0.15, 0.2) is 0 Å². The van der Waals surface area contributed by atoms with Crippen LogP contribution < -0.4 is 10.4 Å². The van der Waals surface area contributed by atoms with E-state index in [4.69, 9.17) is 0 Å². The third kappa shape index (κ3) is 4.43. The van der Waals surface area contributed by atoms with Gasteiger partial charge in [-0.15, -0.1) is 0 Å². The second kappa shape index (κ2) is 7.03. The predicted molar refractivity (Wildman–Crippen MR) is 112 cm³/mol. The molecule has 0 heterocycles. The van der Waals surface area contributed by atoms with Crippen molar-refractivity contribution < 1.29 is 4.79 Å². The van der Waals surface area contributed by atoms with Crippen LogP contribution in [0.25, 0.3) is 5.57 Å². The highest BCUT2D eigenvalue weighted by atomic mass is 28.3. The fourth-order valence-electron chi connectivity index (χ4n) is 3.01. The molecule has 0 aliphatic heterocycles. The summed E-state index contributed by atoms with van der Waals surface area (Å²) in [5, 5.41) is 2.76. The van der Waals surface area contributed by atoms with Gasteiger partial charge in [-0.2, -0.15) is 0 Å². The third-order valence-electron chi connectivity index (χ3n) is 4.53. The van der Waals surface area contributed by atoms with Crippen LogP contribution in [0.15, 0.2) is 55.1 Å². The van der Waals surface area contributed by atoms with Crippen LogP contribution in [0.5, 0.6) is 0 Å². The van der Waals surface area contributed by atoms with Crippen molar-refractivity contribution in [1.29, 1.82) is 0 Å². The zero-order valence-corrected chi connectivity index (χ0v) is 17.5. The van der Waals surface area contributed by atoms with E-state index in [1.54, 1.807) is 0 Å². The summed E-state index contributed by atoms with van der Waals surface area (Å²) in [6, 6.07) is 18.2. The first-order valence-electron chi connectivity index (χ1n) is 8.48. The molecule has 0 aliphatic carbocycles. The maximum atomic E-state index is 10.8. The lowest BCUT2D eigenvalue weighted by molar-refractivity contribution is 0.112. The first kappa shape index (κ1) is 18.6. The predicted octanol–water partition coefficient (Wildman–Crippen LogP) is 4.67. The molecule has 2 aromatic rings. The van der Waals surface area contributed by atoms with E-state index in [1.807, 2.05) is 12.1 Å². The van der Waals surface area contributed by atoms with E-state index in [2.05, 4.69) is 75.7 Å². The fourth-order valence-corrected chi connectivity index (χ4v) is 6.83. The Balaban J connectivity index is 2.25. The van der Waals surface area contributed by atoms with E-state index in [-0.39, 0.29) is 0 Å². The molecular weight excluding hydrogens is 324 g/mol. The van der Waals surface area contributed by atoms with Gasteiger partial charge in [0.1, 0.15) is 14.4 Å². The Morgan fingerprint density at radius 2 is 1.33 bits per heavy atom. The number of aldehydes is 1. The van der Waals surface area contributed by atoms with Crippen molar-refractivity contribution in [3.8, 4) is 0 Å². The molecule has 0 aromatic heterocycles. The molecule has 0 N–H and O–H groups in total. The molecule has 0 radical (unpaired) electrons. The van der Waals surface area contributed by atoms with Gasteiger partial charge in [0, 0.05) is 13.6 Å². The number of benzene rings is 2. The number of allylic oxidation sites excluding steroid dienone is 1. The second-order valence-corrected chi connectivity index (χ2v) is 18.2. The van der Waals surface area contributed by atoms with Crippen molar-refractivity contribution in [2.24, 2.45) is 0 Å². The second-order valence-electron chi connectivity index (χ2n) is 8.28. The number of carbonyl (C=O) groups is 1. The Kier molecular flexibility index (Phi) is 5.46. The molecule has 126 valence electrons. The summed E-state index contributed by atoms with van der Waals surface area (Å²) in [6.07, 6.45) is 0.900. The number of carbonyl (C=O) groups excluding carboxylic acids is 1. The van der Waals surface area contributed by atoms with Crippen LogP contribution in [-0.2, 0) is 0 Å². The Bertz CT molecular complexity index is 720. The van der Waals surface area contributed by atoms with E-state index in [9.17, 15) is 4.79 Å². The minimum absolute atomic E-state index is 0.738. The normalized spacial score (nSPS) is 12.0. The Morgan fingerprint density at radius 1 is 0.875 bits per heavy atom. The van der Waals surface area contributed by atoms with Gasteiger partial charge in [0.25, 0.3) is 0 Å². The summed E-state index contributed by atoms with van der Waals surface area (Å²) in [5.41, 5.74) is 3.26. The molecule has 0 bridgehead atoms. The van der Waals surface area contributed by atoms with E-state index in [0.29, 0.717) is 0 Å². The maximum absolute atomic E-state index is 10.8. The lowest BCUT2D eigenvalue weighted by atomic mass is 10.1. The molecule has 0 unspecified atom stereocenters. The highest BCUT2D eigenvalue weighted by molar-refractivity contribution is 7.00. The topological polar surface area (TPSA) is 17.1 Å². The van der Waals surface area contributed by atoms with Gasteiger partial charge in [-0.1, -0.05) is 104 Å². The van der Waals surface area contributed by atoms with Gasteiger partial charge in [0.05, 0.1) is 0 Å². The Labute approximate surface area is 148 Å². The quantitative estimate of drug-likeness (QED) is 0.545. The number of rotatable bonds is 6. The van der Waals surface area contributed by atoms with Gasteiger partial charge in [-0.3, -0.25) is 4.79 Å². The van der Waals surface area contributed by atoms with Crippen molar-refractivity contribution in [2.45, 2.75) is 38.8 Å². The average molecular weight is 353 g/mol. The highest BCUT2D eigenvalue weighted by Crippen LogP contribution is 2.23. The van der Waals surface area contributed by atoms with Crippen molar-refractivity contribution in [3.05, 3.63) is 66.2 Å². The molecule has 0 spiro atoms. The smallest absolute Gasteiger partial charge is 0.150 e. The van der Waals surface area contributed by atoms with Gasteiger partial charge in [-0.05, 0) is 11.6 Å². The van der Waals surface area contributed by atoms with Gasteiger partial charge >= 0.3 is 0 Å². The largest absolute Gasteiger partial charge is 0.298 e. The van der Waals surface area contributed by atoms with Crippen molar-refractivity contribution in [3.63, 3.8) is 0 Å². The fraction of sp³-hybridized carbons (Fsp3) is 0.286. The van der Waals surface area contributed by atoms with Crippen molar-refractivity contribution >= 4 is 38.4 Å². The van der Waals surface area contributed by atoms with Crippen LogP contribution in [0.3, 0.4) is 0 Å². The molecule has 0 atom stereocenters. The summed E-state index contributed by atoms with van der Waals surface area (Å²) in [5.74, 6) is 0. The molecule has 0 aliphatic rings. The van der Waals surface area contributed by atoms with Crippen LogP contribution in [-0.4, -0.2) is 22.4 Å². The molecule has 0 saturated carbocycles. The minimum atomic E-state index is -1.73. The van der Waals surface area contributed by atoms with E-state index >= 15 is 0 Å². The zero-order chi connectivity index (χ0) is 18.0. The molecule has 3 heteroatoms. The van der Waals surface area contributed by atoms with Crippen LogP contribution in [0.4, 0.5) is 0 Å². The molecule has 1 nitrogen and oxygen atoms in total. The van der Waals surface area contributed by atoms with Gasteiger partial charge in [-0.25, -0.2) is 0 Å². The van der Waals surface area contributed by atoms with Crippen molar-refractivity contribution in [2.75, 3.05) is 0 Å². The molecule has 2 rings (SSSR count). The Hall–Kier alpha value is -1.72. The summed E-state index contributed by atoms with van der Waals surface area (Å²) in [7, 11) is -2.87. The van der Waals surface area contributed by atoms with E-state index in [0.717, 1.165) is 17.9 Å². The van der Waals surface area contributed by atoms with Crippen LogP contribution in [0, 0.1) is 0 Å². The molecular formula is C21H28OSi2. The number of hydrogen-bond donors (Lipinski definition) is 0. The van der Waals surface area contributed by atoms with E-state index < -0.39 is 16.1 Å². The maximum Gasteiger partial charge on any atom is 0.150 e. The van der Waals surface area contributed by atoms with Crippen LogP contribution >= 0.6 is 0 Å². The Morgan fingerprint density at radius 3 is 1.75 bits per heavy atom. The molecule has 0 fully saturated rings. The van der Waals surface area contributed by atoms with Crippen LogP contribution in [0.2, 0.25) is 38.8 Å². The first-order chi connectivity index (χ1) is 11.1. The van der Waals surface area contributed by atoms with Gasteiger partial charge < -0.3 is 0 Å². The standard InChI is InChI=1S/C21H28OSi2/c1-17(16-23(2,3)4)19-9-13-21(14-10-19)24(5,6)20-11-7-18(15-22)8-12-20/h7-15H,1,16H2,2-6H3. The lowest BCUT2D eigenvalue weighted by Crippen LogP contribution is -2.52. The minimum Gasteiger partial charge on any atom is -0.298 e. The SMILES string of the molecule is C=C(C[Si](C)(C)C)c1ccc([Si](C)(C)c2ccc(C=O)cc2)cc1. The summed E-state index contributed by atoms with van der Waals surface area (Å²) in [6.45, 7) is 16.1. The molecule has 2 aromatic carbocycles. The molecule has 24 heavy (non-hydrogen) atoms. The number of hydrogen-bond acceptors (Lipinski definition) is 1. The van der Waals surface area contributed by atoms with Crippen LogP contribution in [0.1, 0.15) is 15.9 Å². The lowest BCUT2D eigenvalue weighted by Gasteiger charge is -2.24. The molecule has 0 saturated heterocycles. The average Bonchev–Trinajstić information content (AvgIpc) is 2.53. The van der Waals surface area contributed by atoms with Gasteiger partial charge in [0.2, 0.25) is 0 Å².